The first-order valence-corrected chi connectivity index (χ1v) is 47.9. The molecule has 36 nitrogen and oxygen atoms in total. The number of aliphatic hydroxyl groups excluding tert-OH is 4. The minimum atomic E-state index is -0.787. The maximum Gasteiger partial charge on any atom is 0.227 e. The molecule has 6 atom stereocenters. The number of aromatic nitrogens is 20. The van der Waals surface area contributed by atoms with E-state index in [2.05, 4.69) is 195 Å². The molecule has 20 rings (SSSR count). The van der Waals surface area contributed by atoms with E-state index >= 15 is 0 Å². The number of halogens is 5. The number of rotatable bonds is 28. The fourth-order valence-corrected chi connectivity index (χ4v) is 19.3. The van der Waals surface area contributed by atoms with Crippen LogP contribution in [0.4, 0.5) is 58.2 Å². The molecule has 1 aliphatic carbocycles. The van der Waals surface area contributed by atoms with Crippen LogP contribution in [-0.4, -0.2) is 213 Å². The highest BCUT2D eigenvalue weighted by molar-refractivity contribution is 9.11. The van der Waals surface area contributed by atoms with Crippen LogP contribution in [0.1, 0.15) is 114 Å². The van der Waals surface area contributed by atoms with Crippen LogP contribution in [0.5, 0.6) is 0 Å². The molecule has 15 aromatic rings. The SMILES string of the molecule is CC(C)(CO)Nc1cc(NCc2cccnc2)n2ncc(Br)c2n1.CC(C)(O)[C@@H]1CCCN1c1cc(NCc2cccnc2)n2ncc(Br)c2n1.CC1(C)[C@@H]2[C@@H](CO)N(c3cc(NCc4cccnc4)n4ncc(Br)c4n3)C[C@@H]21.CO[n+]1cccc(CNc2cc(N3CCC[C@H]3CO)nc3c(Br)cnn23)c1.OCC[C@@H]1CCCN1c1cc(NCc2cccnc2)n2ncc(Br)c2n1. The third-order valence-corrected chi connectivity index (χ3v) is 27.3. The Morgan fingerprint density at radius 2 is 0.826 bits per heavy atom. The third kappa shape index (κ3) is 21.7. The summed E-state index contributed by atoms with van der Waals surface area (Å²) in [6, 6.07) is 30.3. The standard InChI is InChI=1S/C20H23BrN6O.C19H23BrN6O.C18H22BrN6O2.C18H21BrN6O.C16H19BrN6O/c1-20(2)13-10-26(15(11-28)18(13)20)17-6-16(23-8-12-4-3-5-22-7-12)27-19(25-17)14(21)9-24-27;1-19(2,27)15-6-4-8-25(15)17-9-16(22-11-13-5-3-7-21-10-13)26-18(24-17)14(20)12-23-26;1-27-23-6-2-4-13(11-23)9-20-16-8-17(24-7-3-5-14(24)12-26)22-18-15(19)10-21-25(16)18;19-15-12-22-25-16(21-11-13-3-1-6-20-10-13)9-17(23-18(15)25)24-7-2-4-14(24)5-8-26;1-16(2,10-24)22-13-6-14(19-8-11-4-3-5-18-7-11)23-15(21-13)12(17)9-20-23/h3-7,9,13,15,18,23,28H,8,10-11H2,1-2H3;3,5,7,9-10,12,15,22,27H,4,6,8,11H2,1-2H3;2,4,6,8,10-11,14,20,26H,3,5,7,9,12H2,1H3;1,3,6,9-10,12,14,21,26H,2,4-5,7-8,11H2;3-7,9,19,24H,8,10H2,1-2H3,(H,21,22)/q;;+1;;/t13-,15+,18-;15-;2*14-;/m0000./s1. The predicted molar refractivity (Wildman–Crippen MR) is 526 cm³/mol. The second kappa shape index (κ2) is 42.0. The smallest absolute Gasteiger partial charge is 0.227 e. The van der Waals surface area contributed by atoms with Crippen molar-refractivity contribution in [1.82, 2.24) is 92.9 Å². The fourth-order valence-electron chi connectivity index (χ4n) is 17.6. The molecule has 11 N–H and O–H groups in total. The minimum Gasteiger partial charge on any atom is -0.396 e. The van der Waals surface area contributed by atoms with Crippen molar-refractivity contribution in [1.29, 1.82) is 0 Å². The van der Waals surface area contributed by atoms with E-state index in [9.17, 15) is 25.5 Å². The lowest BCUT2D eigenvalue weighted by Gasteiger charge is -2.34. The Bertz CT molecular complexity index is 6390. The number of pyridine rings is 5. The first-order chi connectivity index (χ1) is 63.9. The quantitative estimate of drug-likeness (QED) is 0.0203. The van der Waals surface area contributed by atoms with E-state index in [-0.39, 0.29) is 44.6 Å². The second-order valence-electron chi connectivity index (χ2n) is 34.8. The van der Waals surface area contributed by atoms with Crippen molar-refractivity contribution >= 4 is 166 Å². The molecule has 0 bridgehead atoms. The fraction of sp³-hybridized carbons (Fsp3) is 0.396. The summed E-state index contributed by atoms with van der Waals surface area (Å²) in [6.07, 6.45) is 33.9. The lowest BCUT2D eigenvalue weighted by molar-refractivity contribution is -0.885. The normalized spacial score (nSPS) is 17.9. The van der Waals surface area contributed by atoms with Crippen molar-refractivity contribution < 1.29 is 35.1 Å². The number of fused-ring (bicyclic) bond motifs is 6. The zero-order chi connectivity index (χ0) is 92.4. The van der Waals surface area contributed by atoms with E-state index in [0.29, 0.717) is 67.5 Å². The Kier molecular flexibility index (Phi) is 29.9. The summed E-state index contributed by atoms with van der Waals surface area (Å²) in [5, 5.41) is 91.6. The summed E-state index contributed by atoms with van der Waals surface area (Å²) in [6.45, 7) is 19.5. The van der Waals surface area contributed by atoms with Crippen molar-refractivity contribution in [2.75, 3.05) is 111 Å². The van der Waals surface area contributed by atoms with Gasteiger partial charge in [-0.25, -0.2) is 24.9 Å². The first kappa shape index (κ1) is 94.1. The molecule has 0 aromatic carbocycles. The van der Waals surface area contributed by atoms with E-state index in [0.717, 1.165) is 196 Å². The summed E-state index contributed by atoms with van der Waals surface area (Å²) in [4.78, 5) is 54.6. The van der Waals surface area contributed by atoms with Crippen molar-refractivity contribution in [3.8, 4) is 0 Å². The molecule has 41 heteroatoms. The van der Waals surface area contributed by atoms with Crippen molar-refractivity contribution in [2.24, 2.45) is 17.3 Å². The van der Waals surface area contributed by atoms with Gasteiger partial charge in [0.1, 0.15) is 65.3 Å². The third-order valence-electron chi connectivity index (χ3n) is 24.5. The van der Waals surface area contributed by atoms with Gasteiger partial charge in [-0.05, 0) is 222 Å². The predicted octanol–water partition coefficient (Wildman–Crippen LogP) is 13.1. The minimum absolute atomic E-state index is 0.00125. The maximum atomic E-state index is 10.6. The summed E-state index contributed by atoms with van der Waals surface area (Å²) in [5.74, 6) is 9.54. The van der Waals surface area contributed by atoms with Gasteiger partial charge in [0.05, 0.1) is 102 Å². The molecule has 0 amide bonds. The summed E-state index contributed by atoms with van der Waals surface area (Å²) < 4.78 is 14.8. The second-order valence-corrected chi connectivity index (χ2v) is 39.1. The Morgan fingerprint density at radius 3 is 1.21 bits per heavy atom. The van der Waals surface area contributed by atoms with Gasteiger partial charge in [0.15, 0.2) is 28.2 Å². The van der Waals surface area contributed by atoms with Crippen molar-refractivity contribution in [3.05, 3.63) is 234 Å². The Labute approximate surface area is 805 Å². The highest BCUT2D eigenvalue weighted by Gasteiger charge is 2.66. The zero-order valence-corrected chi connectivity index (χ0v) is 82.1. The van der Waals surface area contributed by atoms with E-state index in [1.54, 1.807) is 90.2 Å². The molecular weight excluding hydrogens is 2010 g/mol. The van der Waals surface area contributed by atoms with Crippen LogP contribution in [0.25, 0.3) is 28.2 Å². The number of aliphatic hydroxyl groups is 5. The van der Waals surface area contributed by atoms with Crippen LogP contribution in [0.3, 0.4) is 0 Å². The number of anilines is 10. The summed E-state index contributed by atoms with van der Waals surface area (Å²) >= 11 is 17.6. The average molecular weight is 2120 g/mol. The van der Waals surface area contributed by atoms with E-state index in [4.69, 9.17) is 24.8 Å². The van der Waals surface area contributed by atoms with Crippen molar-refractivity contribution in [2.45, 2.75) is 155 Å². The van der Waals surface area contributed by atoms with Crippen LogP contribution in [-0.2, 0) is 32.7 Å². The van der Waals surface area contributed by atoms with Gasteiger partial charge in [-0.2, -0.15) is 48.1 Å². The van der Waals surface area contributed by atoms with E-state index < -0.39 is 11.1 Å². The topological polar surface area (TPSA) is 402 Å². The number of hydrogen-bond acceptors (Lipinski definition) is 30. The van der Waals surface area contributed by atoms with Gasteiger partial charge in [-0.1, -0.05) is 38.1 Å². The van der Waals surface area contributed by atoms with Gasteiger partial charge in [0.25, 0.3) is 0 Å². The first-order valence-electron chi connectivity index (χ1n) is 43.9. The van der Waals surface area contributed by atoms with Gasteiger partial charge in [0, 0.05) is 168 Å². The monoisotopic (exact) mass is 2110 g/mol. The van der Waals surface area contributed by atoms with Gasteiger partial charge in [-0.3, -0.25) is 24.8 Å². The van der Waals surface area contributed by atoms with E-state index in [1.807, 2.05) is 156 Å². The summed E-state index contributed by atoms with van der Waals surface area (Å²) in [7, 11) is 1.63. The lowest BCUT2D eigenvalue weighted by atomic mass is 9.97. The van der Waals surface area contributed by atoms with Crippen LogP contribution in [0.2, 0.25) is 0 Å². The highest BCUT2D eigenvalue weighted by atomic mass is 79.9. The van der Waals surface area contributed by atoms with Crippen LogP contribution in [0, 0.1) is 17.3 Å². The Morgan fingerprint density at radius 1 is 0.455 bits per heavy atom. The molecule has 15 aromatic heterocycles. The van der Waals surface area contributed by atoms with Crippen LogP contribution < -0.4 is 61.1 Å². The summed E-state index contributed by atoms with van der Waals surface area (Å²) in [5.41, 5.74) is 8.23. The van der Waals surface area contributed by atoms with Gasteiger partial charge >= 0.3 is 0 Å². The zero-order valence-electron chi connectivity index (χ0n) is 74.2. The molecule has 5 fully saturated rings. The van der Waals surface area contributed by atoms with Gasteiger partial charge in [-0.15, -0.1) is 0 Å². The van der Waals surface area contributed by atoms with Crippen LogP contribution in [0.15, 0.2) is 206 Å². The molecule has 4 saturated heterocycles. The molecule has 692 valence electrons. The molecule has 0 radical (unpaired) electrons. The molecule has 19 heterocycles. The molecule has 132 heavy (non-hydrogen) atoms. The van der Waals surface area contributed by atoms with Crippen molar-refractivity contribution in [3.63, 3.8) is 0 Å². The van der Waals surface area contributed by atoms with Gasteiger partial charge < -0.3 is 77.0 Å². The van der Waals surface area contributed by atoms with Gasteiger partial charge in [0.2, 0.25) is 12.4 Å². The lowest BCUT2D eigenvalue weighted by Crippen LogP contribution is -2.46. The molecule has 1 saturated carbocycles. The number of hydrogen-bond donors (Lipinski definition) is 11. The Balaban J connectivity index is 0.000000120. The molecule has 5 aliphatic rings. The maximum absolute atomic E-state index is 10.6. The highest BCUT2D eigenvalue weighted by Crippen LogP contribution is 2.65. The molecular formula is C91H108Br5N30O6+. The van der Waals surface area contributed by atoms with Crippen LogP contribution >= 0.6 is 79.6 Å². The largest absolute Gasteiger partial charge is 0.396 e. The number of piperidine rings is 1. The number of nitrogens with zero attached hydrogens (tertiary/aromatic N) is 24. The molecule has 4 aliphatic heterocycles. The average Bonchev–Trinajstić information content (AvgIpc) is 1.52. The number of nitrogens with one attached hydrogen (secondary N) is 6. The van der Waals surface area contributed by atoms with E-state index in [1.165, 1.54) is 0 Å². The molecule has 0 unspecified atom stereocenters. The molecule has 0 spiro atoms. The Hall–Kier alpha value is -11.2.